The lowest BCUT2D eigenvalue weighted by atomic mass is 9.98. The zero-order valence-corrected chi connectivity index (χ0v) is 21.5. The van der Waals surface area contributed by atoms with E-state index in [1.54, 1.807) is 31.1 Å². The molecule has 1 N–H and O–H groups in total. The number of aromatic nitrogens is 1. The molecule has 1 aliphatic heterocycles. The van der Waals surface area contributed by atoms with Crippen LogP contribution < -0.4 is 4.74 Å². The number of likely N-dealkylation sites (N-methyl/N-ethyl adjacent to an activating group) is 1. The maximum absolute atomic E-state index is 13.7. The molecule has 0 spiro atoms. The Morgan fingerprint density at radius 3 is 2.59 bits per heavy atom. The second-order valence-electron chi connectivity index (χ2n) is 9.71. The van der Waals surface area contributed by atoms with Crippen LogP contribution in [0.15, 0.2) is 60.8 Å². The molecule has 3 aromatic rings. The van der Waals surface area contributed by atoms with Crippen LogP contribution in [0.4, 0.5) is 4.39 Å². The molecule has 7 nitrogen and oxygen atoms in total. The van der Waals surface area contributed by atoms with Crippen LogP contribution in [0.5, 0.6) is 5.88 Å². The van der Waals surface area contributed by atoms with E-state index in [9.17, 15) is 19.1 Å². The average Bonchev–Trinajstić information content (AvgIpc) is 2.90. The number of hydrogen-bond acceptors (Lipinski definition) is 5. The predicted molar refractivity (Wildman–Crippen MR) is 139 cm³/mol. The van der Waals surface area contributed by atoms with Crippen molar-refractivity contribution in [1.29, 1.82) is 0 Å². The fourth-order valence-corrected chi connectivity index (χ4v) is 4.53. The lowest BCUT2D eigenvalue weighted by Gasteiger charge is -2.37. The molecule has 2 aromatic carbocycles. The number of rotatable bonds is 6. The Labute approximate surface area is 216 Å². The number of halogens is 1. The summed E-state index contributed by atoms with van der Waals surface area (Å²) in [7, 11) is 1.66. The lowest BCUT2D eigenvalue weighted by molar-refractivity contribution is 0.0313. The highest BCUT2D eigenvalue weighted by Gasteiger charge is 2.35. The van der Waals surface area contributed by atoms with Gasteiger partial charge < -0.3 is 19.6 Å². The number of benzene rings is 2. The number of ether oxygens (including phenoxy) is 1. The number of carbonyl (C=O) groups is 2. The largest absolute Gasteiger partial charge is 0.472 e. The first-order valence-electron chi connectivity index (χ1n) is 12.3. The molecule has 37 heavy (non-hydrogen) atoms. The first-order chi connectivity index (χ1) is 17.7. The van der Waals surface area contributed by atoms with E-state index in [0.29, 0.717) is 17.7 Å². The number of carbonyl (C=O) groups excluding carboxylic acids is 2. The minimum atomic E-state index is -0.480. The van der Waals surface area contributed by atoms with E-state index in [1.807, 2.05) is 38.1 Å². The minimum absolute atomic E-state index is 0.174. The van der Waals surface area contributed by atoms with Crippen molar-refractivity contribution in [2.45, 2.75) is 32.9 Å². The van der Waals surface area contributed by atoms with Crippen molar-refractivity contribution in [3.63, 3.8) is 0 Å². The SMILES string of the molecule is Cc1ccccc1-c1cnc2c(c1)C(=O)N([C@H](C)CO)C[C@@H](C)[C@H](CN(C)C(=O)c1ccc(F)cc1)O2. The molecule has 2 heterocycles. The van der Waals surface area contributed by atoms with Crippen LogP contribution in [0.25, 0.3) is 11.1 Å². The van der Waals surface area contributed by atoms with Gasteiger partial charge in [-0.1, -0.05) is 31.2 Å². The smallest absolute Gasteiger partial charge is 0.259 e. The number of pyridine rings is 1. The summed E-state index contributed by atoms with van der Waals surface area (Å²) in [5, 5.41) is 9.88. The summed E-state index contributed by atoms with van der Waals surface area (Å²) in [4.78, 5) is 34.3. The average molecular weight is 506 g/mol. The number of amides is 2. The van der Waals surface area contributed by atoms with E-state index in [0.717, 1.165) is 16.7 Å². The Morgan fingerprint density at radius 2 is 1.92 bits per heavy atom. The third kappa shape index (κ3) is 5.64. The van der Waals surface area contributed by atoms with Crippen molar-refractivity contribution in [3.05, 3.63) is 83.3 Å². The number of aliphatic hydroxyl groups is 1. The van der Waals surface area contributed by atoms with Gasteiger partial charge in [0.2, 0.25) is 5.88 Å². The fourth-order valence-electron chi connectivity index (χ4n) is 4.53. The maximum Gasteiger partial charge on any atom is 0.259 e. The molecule has 0 unspecified atom stereocenters. The van der Waals surface area contributed by atoms with E-state index < -0.39 is 18.0 Å². The second kappa shape index (κ2) is 11.1. The van der Waals surface area contributed by atoms with Gasteiger partial charge in [-0.2, -0.15) is 0 Å². The molecule has 4 rings (SSSR count). The summed E-state index contributed by atoms with van der Waals surface area (Å²) in [6, 6.07) is 14.6. The van der Waals surface area contributed by atoms with E-state index in [1.165, 1.54) is 29.2 Å². The monoisotopic (exact) mass is 505 g/mol. The minimum Gasteiger partial charge on any atom is -0.472 e. The van der Waals surface area contributed by atoms with Gasteiger partial charge >= 0.3 is 0 Å². The summed E-state index contributed by atoms with van der Waals surface area (Å²) in [5.74, 6) is -0.922. The van der Waals surface area contributed by atoms with Crippen LogP contribution in [0, 0.1) is 18.7 Å². The molecule has 0 saturated carbocycles. The molecular formula is C29H32FN3O4. The third-order valence-corrected chi connectivity index (χ3v) is 6.87. The molecule has 1 aromatic heterocycles. The molecule has 0 fully saturated rings. The van der Waals surface area contributed by atoms with Gasteiger partial charge in [0, 0.05) is 36.8 Å². The highest BCUT2D eigenvalue weighted by Crippen LogP contribution is 2.31. The Kier molecular flexibility index (Phi) is 7.88. The van der Waals surface area contributed by atoms with Crippen LogP contribution in [0.2, 0.25) is 0 Å². The number of nitrogens with zero attached hydrogens (tertiary/aromatic N) is 3. The molecule has 194 valence electrons. The Bertz CT molecular complexity index is 1280. The van der Waals surface area contributed by atoms with Gasteiger partial charge in [-0.15, -0.1) is 0 Å². The topological polar surface area (TPSA) is 83.0 Å². The molecular weight excluding hydrogens is 473 g/mol. The van der Waals surface area contributed by atoms with E-state index in [2.05, 4.69) is 4.98 Å². The molecule has 1 aliphatic rings. The molecule has 0 radical (unpaired) electrons. The van der Waals surface area contributed by atoms with Gasteiger partial charge in [0.05, 0.1) is 19.2 Å². The van der Waals surface area contributed by atoms with E-state index in [-0.39, 0.29) is 36.8 Å². The normalized spacial score (nSPS) is 18.3. The number of aryl methyl sites for hydroxylation is 1. The summed E-state index contributed by atoms with van der Waals surface area (Å²) >= 11 is 0. The van der Waals surface area contributed by atoms with Crippen molar-refractivity contribution in [1.82, 2.24) is 14.8 Å². The molecule has 2 amide bonds. The number of fused-ring (bicyclic) bond motifs is 1. The van der Waals surface area contributed by atoms with Crippen molar-refractivity contribution < 1.29 is 23.8 Å². The Morgan fingerprint density at radius 1 is 1.22 bits per heavy atom. The van der Waals surface area contributed by atoms with Crippen molar-refractivity contribution >= 4 is 11.8 Å². The molecule has 3 atom stereocenters. The Hall–Kier alpha value is -3.78. The summed E-state index contributed by atoms with van der Waals surface area (Å²) in [6.45, 7) is 6.11. The first kappa shape index (κ1) is 26.3. The summed E-state index contributed by atoms with van der Waals surface area (Å²) in [6.07, 6.45) is 1.21. The van der Waals surface area contributed by atoms with Gasteiger partial charge in [0.15, 0.2) is 0 Å². The van der Waals surface area contributed by atoms with Crippen LogP contribution in [-0.4, -0.2) is 70.6 Å². The van der Waals surface area contributed by atoms with E-state index >= 15 is 0 Å². The molecule has 8 heteroatoms. The fraction of sp³-hybridized carbons (Fsp3) is 0.345. The standard InChI is InChI=1S/C29H32FN3O4/c1-18-7-5-6-8-24(18)22-13-25-27(31-14-22)37-26(19(2)15-33(29(25)36)20(3)17-34)16-32(4)28(35)21-9-11-23(30)12-10-21/h5-14,19-20,26,34H,15-17H2,1-4H3/t19-,20-,26+/m1/s1. The van der Waals surface area contributed by atoms with Gasteiger partial charge in [-0.05, 0) is 55.3 Å². The first-order valence-corrected chi connectivity index (χ1v) is 12.3. The quantitative estimate of drug-likeness (QED) is 0.543. The van der Waals surface area contributed by atoms with Crippen LogP contribution in [0.3, 0.4) is 0 Å². The van der Waals surface area contributed by atoms with Crippen LogP contribution in [-0.2, 0) is 0 Å². The zero-order valence-electron chi connectivity index (χ0n) is 21.5. The van der Waals surface area contributed by atoms with Gasteiger partial charge in [0.25, 0.3) is 11.8 Å². The van der Waals surface area contributed by atoms with Crippen LogP contribution in [0.1, 0.15) is 40.1 Å². The van der Waals surface area contributed by atoms with Gasteiger partial charge in [-0.3, -0.25) is 9.59 Å². The maximum atomic E-state index is 13.7. The van der Waals surface area contributed by atoms with Crippen molar-refractivity contribution in [3.8, 4) is 17.0 Å². The second-order valence-corrected chi connectivity index (χ2v) is 9.71. The predicted octanol–water partition coefficient (Wildman–Crippen LogP) is 4.19. The molecule has 0 bridgehead atoms. The highest BCUT2D eigenvalue weighted by atomic mass is 19.1. The van der Waals surface area contributed by atoms with E-state index in [4.69, 9.17) is 4.74 Å². The lowest BCUT2D eigenvalue weighted by Crippen LogP contribution is -2.50. The van der Waals surface area contributed by atoms with Gasteiger partial charge in [0.1, 0.15) is 17.5 Å². The van der Waals surface area contributed by atoms with Gasteiger partial charge in [-0.25, -0.2) is 9.37 Å². The number of aliphatic hydroxyl groups excluding tert-OH is 1. The van der Waals surface area contributed by atoms with Crippen molar-refractivity contribution in [2.75, 3.05) is 26.7 Å². The Balaban J connectivity index is 1.68. The zero-order chi connectivity index (χ0) is 26.7. The number of hydrogen-bond donors (Lipinski definition) is 1. The van der Waals surface area contributed by atoms with Crippen molar-refractivity contribution in [2.24, 2.45) is 5.92 Å². The summed E-state index contributed by atoms with van der Waals surface area (Å²) in [5.41, 5.74) is 3.49. The van der Waals surface area contributed by atoms with Crippen LogP contribution >= 0.6 is 0 Å². The molecule has 0 saturated heterocycles. The third-order valence-electron chi connectivity index (χ3n) is 6.87. The highest BCUT2D eigenvalue weighted by molar-refractivity contribution is 5.98. The molecule has 0 aliphatic carbocycles. The summed E-state index contributed by atoms with van der Waals surface area (Å²) < 4.78 is 19.6.